The van der Waals surface area contributed by atoms with Crippen LogP contribution in [0.25, 0.3) is 11.0 Å². The number of carbonyl (C=O) groups excluding carboxylic acids is 2. The second-order valence-corrected chi connectivity index (χ2v) is 9.25. The van der Waals surface area contributed by atoms with Crippen LogP contribution in [0.1, 0.15) is 16.7 Å². The summed E-state index contributed by atoms with van der Waals surface area (Å²) in [5, 5.41) is 0.404. The van der Waals surface area contributed by atoms with Gasteiger partial charge in [-0.1, -0.05) is 54.6 Å². The van der Waals surface area contributed by atoms with Crippen molar-refractivity contribution in [1.29, 1.82) is 0 Å². The van der Waals surface area contributed by atoms with Crippen molar-refractivity contribution in [1.82, 2.24) is 9.80 Å². The van der Waals surface area contributed by atoms with Crippen molar-refractivity contribution in [3.8, 4) is 0 Å². The van der Waals surface area contributed by atoms with E-state index in [1.807, 2.05) is 30.3 Å². The smallest absolute Gasteiger partial charge is 0.249 e. The molecule has 0 radical (unpaired) electrons. The van der Waals surface area contributed by atoms with E-state index in [1.54, 1.807) is 36.4 Å². The predicted molar refractivity (Wildman–Crippen MR) is 148 cm³/mol. The first-order valence-electron chi connectivity index (χ1n) is 12.8. The minimum atomic E-state index is -0.399. The van der Waals surface area contributed by atoms with Crippen molar-refractivity contribution in [3.63, 3.8) is 0 Å². The summed E-state index contributed by atoms with van der Waals surface area (Å²) in [4.78, 5) is 42.6. The summed E-state index contributed by atoms with van der Waals surface area (Å²) in [6.45, 7) is 0.243. The molecule has 2 amide bonds. The van der Waals surface area contributed by atoms with Crippen LogP contribution in [-0.4, -0.2) is 55.0 Å². The van der Waals surface area contributed by atoms with Crippen molar-refractivity contribution >= 4 is 22.8 Å². The first-order chi connectivity index (χ1) is 19.4. The molecule has 208 valence electrons. The largest absolute Gasteiger partial charge is 0.464 e. The average molecular weight is 547 g/mol. The van der Waals surface area contributed by atoms with Gasteiger partial charge in [-0.3, -0.25) is 14.4 Å². The molecule has 0 saturated carbocycles. The number of halogens is 1. The molecule has 1 aromatic heterocycles. The van der Waals surface area contributed by atoms with Crippen LogP contribution in [0.3, 0.4) is 0 Å². The zero-order valence-electron chi connectivity index (χ0n) is 22.3. The van der Waals surface area contributed by atoms with Crippen LogP contribution in [0.2, 0.25) is 0 Å². The second kappa shape index (κ2) is 14.2. The zero-order valence-corrected chi connectivity index (χ0v) is 22.3. The molecule has 0 saturated heterocycles. The lowest BCUT2D eigenvalue weighted by atomic mass is 10.1. The van der Waals surface area contributed by atoms with Crippen molar-refractivity contribution in [2.24, 2.45) is 0 Å². The third-order valence-electron chi connectivity index (χ3n) is 6.33. The Hall–Kier alpha value is -4.34. The van der Waals surface area contributed by atoms with Crippen molar-refractivity contribution in [2.75, 3.05) is 33.4 Å². The molecule has 9 heteroatoms. The lowest BCUT2D eigenvalue weighted by molar-refractivity contribution is -0.144. The molecule has 8 nitrogen and oxygen atoms in total. The number of hydrogen-bond donors (Lipinski definition) is 0. The van der Waals surface area contributed by atoms with Gasteiger partial charge in [-0.2, -0.15) is 0 Å². The van der Waals surface area contributed by atoms with E-state index in [0.29, 0.717) is 16.5 Å². The number of amides is 2. The molecule has 0 aliphatic heterocycles. The number of fused-ring (bicyclic) bond motifs is 1. The van der Waals surface area contributed by atoms with Crippen LogP contribution < -0.4 is 5.43 Å². The number of carbonyl (C=O) groups is 2. The quantitative estimate of drug-likeness (QED) is 0.250. The average Bonchev–Trinajstić information content (AvgIpc) is 2.97. The Morgan fingerprint density at radius 3 is 2.33 bits per heavy atom. The summed E-state index contributed by atoms with van der Waals surface area (Å²) >= 11 is 0. The van der Waals surface area contributed by atoms with E-state index in [4.69, 9.17) is 13.9 Å². The molecule has 0 spiro atoms. The molecule has 0 atom stereocenters. The highest BCUT2D eigenvalue weighted by molar-refractivity contribution is 5.85. The van der Waals surface area contributed by atoms with Crippen LogP contribution in [0.5, 0.6) is 0 Å². The van der Waals surface area contributed by atoms with Crippen molar-refractivity contribution in [2.45, 2.75) is 19.7 Å². The van der Waals surface area contributed by atoms with E-state index in [0.717, 1.165) is 5.56 Å². The zero-order chi connectivity index (χ0) is 28.3. The van der Waals surface area contributed by atoms with E-state index in [-0.39, 0.29) is 62.9 Å². The summed E-state index contributed by atoms with van der Waals surface area (Å²) < 4.78 is 29.9. The second-order valence-electron chi connectivity index (χ2n) is 9.25. The van der Waals surface area contributed by atoms with Crippen LogP contribution in [0.15, 0.2) is 94.3 Å². The molecule has 4 rings (SSSR count). The Morgan fingerprint density at radius 1 is 0.850 bits per heavy atom. The fourth-order valence-corrected chi connectivity index (χ4v) is 4.15. The molecule has 0 N–H and O–H groups in total. The molecule has 0 fully saturated rings. The van der Waals surface area contributed by atoms with Gasteiger partial charge in [0.15, 0.2) is 5.43 Å². The fraction of sp³-hybridized carbons (Fsp3) is 0.258. The number of nitrogens with zero attached hydrogens (tertiary/aromatic N) is 2. The lowest BCUT2D eigenvalue weighted by Gasteiger charge is -2.27. The Kier molecular flexibility index (Phi) is 10.1. The number of hydrogen-bond acceptors (Lipinski definition) is 6. The number of para-hydroxylation sites is 1. The molecule has 1 heterocycles. The summed E-state index contributed by atoms with van der Waals surface area (Å²) in [5.74, 6) is -1.17. The molecule has 0 aliphatic rings. The summed E-state index contributed by atoms with van der Waals surface area (Å²) in [6, 6.07) is 22.1. The Bertz CT molecular complexity index is 1470. The molecule has 0 aliphatic carbocycles. The van der Waals surface area contributed by atoms with Crippen LogP contribution in [0, 0.1) is 5.82 Å². The van der Waals surface area contributed by atoms with Gasteiger partial charge in [-0.15, -0.1) is 0 Å². The van der Waals surface area contributed by atoms with Gasteiger partial charge in [0.2, 0.25) is 11.8 Å². The normalized spacial score (nSPS) is 10.9. The molecule has 4 aromatic rings. The van der Waals surface area contributed by atoms with Gasteiger partial charge in [-0.25, -0.2) is 4.39 Å². The molecular weight excluding hydrogens is 515 g/mol. The molecule has 0 unspecified atom stereocenters. The Labute approximate surface area is 231 Å². The van der Waals surface area contributed by atoms with Gasteiger partial charge in [0.1, 0.15) is 18.0 Å². The number of benzene rings is 3. The molecule has 3 aromatic carbocycles. The lowest BCUT2D eigenvalue weighted by Crippen LogP contribution is -2.45. The van der Waals surface area contributed by atoms with Crippen LogP contribution in [0.4, 0.5) is 4.39 Å². The predicted octanol–water partition coefficient (Wildman–Crippen LogP) is 4.15. The number of methoxy groups -OCH3 is 1. The Morgan fingerprint density at radius 2 is 1.57 bits per heavy atom. The van der Waals surface area contributed by atoms with Gasteiger partial charge in [0.05, 0.1) is 43.5 Å². The number of ether oxygens (including phenoxy) is 2. The summed E-state index contributed by atoms with van der Waals surface area (Å²) in [7, 11) is 1.51. The maximum atomic E-state index is 13.6. The molecular formula is C31H31FN2O6. The highest BCUT2D eigenvalue weighted by Crippen LogP contribution is 2.15. The minimum absolute atomic E-state index is 0.0554. The van der Waals surface area contributed by atoms with E-state index in [9.17, 15) is 18.8 Å². The van der Waals surface area contributed by atoms with E-state index < -0.39 is 11.7 Å². The van der Waals surface area contributed by atoms with Crippen LogP contribution >= 0.6 is 0 Å². The maximum Gasteiger partial charge on any atom is 0.249 e. The van der Waals surface area contributed by atoms with E-state index >= 15 is 0 Å². The van der Waals surface area contributed by atoms with Gasteiger partial charge >= 0.3 is 0 Å². The fourth-order valence-electron chi connectivity index (χ4n) is 4.15. The highest BCUT2D eigenvalue weighted by atomic mass is 19.1. The van der Waals surface area contributed by atoms with Crippen molar-refractivity contribution < 1.29 is 27.9 Å². The van der Waals surface area contributed by atoms with Gasteiger partial charge in [0, 0.05) is 20.2 Å². The number of rotatable bonds is 13. The van der Waals surface area contributed by atoms with E-state index in [2.05, 4.69) is 0 Å². The van der Waals surface area contributed by atoms with Gasteiger partial charge in [0.25, 0.3) is 0 Å². The van der Waals surface area contributed by atoms with Crippen LogP contribution in [-0.2, 0) is 38.8 Å². The van der Waals surface area contributed by atoms with E-state index in [1.165, 1.54) is 35.3 Å². The summed E-state index contributed by atoms with van der Waals surface area (Å²) in [5.41, 5.74) is 2.07. The third kappa shape index (κ3) is 7.84. The first-order valence-corrected chi connectivity index (χ1v) is 12.8. The third-order valence-corrected chi connectivity index (χ3v) is 6.33. The molecule has 40 heavy (non-hydrogen) atoms. The maximum absolute atomic E-state index is 13.6. The first kappa shape index (κ1) is 28.7. The molecule has 0 bridgehead atoms. The Balaban J connectivity index is 1.51. The van der Waals surface area contributed by atoms with Crippen molar-refractivity contribution in [3.05, 3.63) is 118 Å². The SMILES string of the molecule is COCCN(CC(=O)N(Cc1ccc(F)cc1)Cc1coc2ccccc2c1=O)C(=O)COCc1ccccc1. The van der Waals surface area contributed by atoms with Gasteiger partial charge in [-0.05, 0) is 35.4 Å². The minimum Gasteiger partial charge on any atom is -0.464 e. The highest BCUT2D eigenvalue weighted by Gasteiger charge is 2.23. The summed E-state index contributed by atoms with van der Waals surface area (Å²) in [6.07, 6.45) is 1.35. The topological polar surface area (TPSA) is 89.3 Å². The van der Waals surface area contributed by atoms with Gasteiger partial charge < -0.3 is 23.7 Å². The standard InChI is InChI=1S/C31H31FN2O6/c1-38-16-15-33(30(36)22-39-20-24-7-3-2-4-8-24)19-29(35)34(17-23-11-13-26(32)14-12-23)18-25-21-40-28-10-6-5-9-27(28)31(25)37/h2-14,21H,15-20,22H2,1H3. The monoisotopic (exact) mass is 546 g/mol.